The number of rotatable bonds is 2. The summed E-state index contributed by atoms with van der Waals surface area (Å²) in [6, 6.07) is 7.01. The summed E-state index contributed by atoms with van der Waals surface area (Å²) in [5.41, 5.74) is 0.601. The fourth-order valence-electron chi connectivity index (χ4n) is 2.35. The third-order valence-corrected chi connectivity index (χ3v) is 3.30. The average molecular weight is 230 g/mol. The van der Waals surface area contributed by atoms with Crippen LogP contribution in [0.4, 0.5) is 0 Å². The molecule has 3 rings (SSSR count). The third-order valence-electron chi connectivity index (χ3n) is 3.30. The van der Waals surface area contributed by atoms with E-state index in [2.05, 4.69) is 10.1 Å². The van der Waals surface area contributed by atoms with Crippen molar-refractivity contribution in [3.8, 4) is 17.2 Å². The predicted octanol–water partition coefficient (Wildman–Crippen LogP) is 3.10. The Kier molecular flexibility index (Phi) is 2.55. The van der Waals surface area contributed by atoms with Crippen LogP contribution in [0.15, 0.2) is 28.8 Å². The maximum Gasteiger partial charge on any atom is 0.261 e. The Balaban J connectivity index is 1.92. The lowest BCUT2D eigenvalue weighted by atomic mass is 10.1. The summed E-state index contributed by atoms with van der Waals surface area (Å²) >= 11 is 0. The van der Waals surface area contributed by atoms with Crippen LogP contribution < -0.4 is 0 Å². The quantitative estimate of drug-likeness (QED) is 0.861. The molecule has 0 amide bonds. The molecule has 1 aromatic carbocycles. The van der Waals surface area contributed by atoms with E-state index in [0.29, 0.717) is 17.4 Å². The summed E-state index contributed by atoms with van der Waals surface area (Å²) in [6.45, 7) is 0. The van der Waals surface area contributed by atoms with Crippen LogP contribution in [0.25, 0.3) is 11.5 Å². The summed E-state index contributed by atoms with van der Waals surface area (Å²) < 4.78 is 5.22. The Morgan fingerprint density at radius 2 is 1.94 bits per heavy atom. The van der Waals surface area contributed by atoms with Gasteiger partial charge in [-0.2, -0.15) is 4.98 Å². The highest BCUT2D eigenvalue weighted by molar-refractivity contribution is 5.61. The normalized spacial score (nSPS) is 16.5. The fraction of sp³-hybridized carbons (Fsp3) is 0.385. The van der Waals surface area contributed by atoms with Crippen LogP contribution in [-0.2, 0) is 0 Å². The van der Waals surface area contributed by atoms with E-state index < -0.39 is 0 Å². The molecule has 4 heteroatoms. The van der Waals surface area contributed by atoms with E-state index in [1.807, 2.05) is 6.07 Å². The van der Waals surface area contributed by atoms with Crippen molar-refractivity contribution in [3.05, 3.63) is 30.1 Å². The predicted molar refractivity (Wildman–Crippen MR) is 62.6 cm³/mol. The number of aromatic hydroxyl groups is 1. The second-order valence-electron chi connectivity index (χ2n) is 4.46. The first-order valence-corrected chi connectivity index (χ1v) is 5.96. The largest absolute Gasteiger partial charge is 0.507 e. The Morgan fingerprint density at radius 3 is 2.71 bits per heavy atom. The van der Waals surface area contributed by atoms with Gasteiger partial charge in [0.2, 0.25) is 0 Å². The fourth-order valence-corrected chi connectivity index (χ4v) is 2.35. The van der Waals surface area contributed by atoms with Crippen molar-refractivity contribution in [1.29, 1.82) is 0 Å². The van der Waals surface area contributed by atoms with Crippen molar-refractivity contribution in [2.45, 2.75) is 31.6 Å². The monoisotopic (exact) mass is 230 g/mol. The van der Waals surface area contributed by atoms with E-state index in [0.717, 1.165) is 18.7 Å². The molecule has 1 aliphatic rings. The number of phenolic OH excluding ortho intramolecular Hbond substituents is 1. The van der Waals surface area contributed by atoms with Gasteiger partial charge in [0.05, 0.1) is 5.56 Å². The molecule has 0 radical (unpaired) electrons. The zero-order valence-corrected chi connectivity index (χ0v) is 9.47. The van der Waals surface area contributed by atoms with Gasteiger partial charge in [-0.25, -0.2) is 0 Å². The van der Waals surface area contributed by atoms with Crippen LogP contribution >= 0.6 is 0 Å². The van der Waals surface area contributed by atoms with Crippen LogP contribution in [0, 0.1) is 0 Å². The number of nitrogens with zero attached hydrogens (tertiary/aromatic N) is 2. The van der Waals surface area contributed by atoms with E-state index in [1.54, 1.807) is 18.2 Å². The van der Waals surface area contributed by atoms with E-state index in [-0.39, 0.29) is 5.75 Å². The standard InChI is InChI=1S/C13H14N2O2/c16-11-8-4-3-7-10(11)13-14-12(15-17-13)9-5-1-2-6-9/h3-4,7-9,16H,1-2,5-6H2. The highest BCUT2D eigenvalue weighted by Gasteiger charge is 2.23. The Bertz CT molecular complexity index is 516. The van der Waals surface area contributed by atoms with Crippen LogP contribution in [0.3, 0.4) is 0 Å². The number of para-hydroxylation sites is 1. The van der Waals surface area contributed by atoms with Gasteiger partial charge in [-0.3, -0.25) is 0 Å². The molecule has 1 saturated carbocycles. The summed E-state index contributed by atoms with van der Waals surface area (Å²) in [5.74, 6) is 1.79. The van der Waals surface area contributed by atoms with E-state index in [1.165, 1.54) is 12.8 Å². The SMILES string of the molecule is Oc1ccccc1-c1nc(C2CCCC2)no1. The van der Waals surface area contributed by atoms with Crippen molar-refractivity contribution in [3.63, 3.8) is 0 Å². The van der Waals surface area contributed by atoms with Gasteiger partial charge in [0.15, 0.2) is 5.82 Å². The van der Waals surface area contributed by atoms with Crippen molar-refractivity contribution in [2.24, 2.45) is 0 Å². The lowest BCUT2D eigenvalue weighted by Crippen LogP contribution is -1.94. The molecule has 17 heavy (non-hydrogen) atoms. The molecular formula is C13H14N2O2. The minimum absolute atomic E-state index is 0.175. The third kappa shape index (κ3) is 1.90. The Morgan fingerprint density at radius 1 is 1.18 bits per heavy atom. The van der Waals surface area contributed by atoms with E-state index in [9.17, 15) is 5.11 Å². The zero-order chi connectivity index (χ0) is 11.7. The van der Waals surface area contributed by atoms with Crippen molar-refractivity contribution >= 4 is 0 Å². The van der Waals surface area contributed by atoms with Gasteiger partial charge >= 0.3 is 0 Å². The molecule has 0 unspecified atom stereocenters. The average Bonchev–Trinajstić information content (AvgIpc) is 3.00. The molecule has 2 aromatic rings. The van der Waals surface area contributed by atoms with Crippen molar-refractivity contribution in [2.75, 3.05) is 0 Å². The van der Waals surface area contributed by atoms with Gasteiger partial charge in [0.25, 0.3) is 5.89 Å². The van der Waals surface area contributed by atoms with Crippen molar-refractivity contribution in [1.82, 2.24) is 10.1 Å². The number of hydrogen-bond acceptors (Lipinski definition) is 4. The highest BCUT2D eigenvalue weighted by atomic mass is 16.5. The number of aromatic nitrogens is 2. The molecule has 1 N–H and O–H groups in total. The number of benzene rings is 1. The summed E-state index contributed by atoms with van der Waals surface area (Å²) in [7, 11) is 0. The first-order valence-electron chi connectivity index (χ1n) is 5.96. The molecule has 4 nitrogen and oxygen atoms in total. The second kappa shape index (κ2) is 4.20. The molecule has 1 fully saturated rings. The molecule has 0 spiro atoms. The van der Waals surface area contributed by atoms with Crippen LogP contribution in [0.5, 0.6) is 5.75 Å². The lowest BCUT2D eigenvalue weighted by Gasteiger charge is -2.00. The smallest absolute Gasteiger partial charge is 0.261 e. The van der Waals surface area contributed by atoms with Gasteiger partial charge in [-0.15, -0.1) is 0 Å². The molecular weight excluding hydrogens is 216 g/mol. The molecule has 0 aliphatic heterocycles. The van der Waals surface area contributed by atoms with Gasteiger partial charge in [0, 0.05) is 5.92 Å². The summed E-state index contributed by atoms with van der Waals surface area (Å²) in [4.78, 5) is 4.39. The van der Waals surface area contributed by atoms with Gasteiger partial charge < -0.3 is 9.63 Å². The van der Waals surface area contributed by atoms with Crippen LogP contribution in [0.2, 0.25) is 0 Å². The van der Waals surface area contributed by atoms with Gasteiger partial charge in [-0.05, 0) is 25.0 Å². The summed E-state index contributed by atoms with van der Waals surface area (Å²) in [5, 5.41) is 13.7. The molecule has 1 heterocycles. The molecule has 0 saturated heterocycles. The Labute approximate surface area is 99.3 Å². The topological polar surface area (TPSA) is 59.2 Å². The molecule has 0 bridgehead atoms. The molecule has 1 aliphatic carbocycles. The van der Waals surface area contributed by atoms with E-state index in [4.69, 9.17) is 4.52 Å². The maximum absolute atomic E-state index is 9.71. The first kappa shape index (κ1) is 10.3. The van der Waals surface area contributed by atoms with Crippen LogP contribution in [0.1, 0.15) is 37.4 Å². The lowest BCUT2D eigenvalue weighted by molar-refractivity contribution is 0.411. The molecule has 0 atom stereocenters. The molecule has 1 aromatic heterocycles. The second-order valence-corrected chi connectivity index (χ2v) is 4.46. The van der Waals surface area contributed by atoms with Crippen molar-refractivity contribution < 1.29 is 9.63 Å². The number of phenols is 1. The van der Waals surface area contributed by atoms with E-state index >= 15 is 0 Å². The van der Waals surface area contributed by atoms with Crippen LogP contribution in [-0.4, -0.2) is 15.2 Å². The minimum atomic E-state index is 0.175. The molecule has 88 valence electrons. The zero-order valence-electron chi connectivity index (χ0n) is 9.47. The first-order chi connectivity index (χ1) is 8.34. The maximum atomic E-state index is 9.71. The Hall–Kier alpha value is -1.84. The van der Waals surface area contributed by atoms with Gasteiger partial charge in [-0.1, -0.05) is 30.1 Å². The van der Waals surface area contributed by atoms with Gasteiger partial charge in [0.1, 0.15) is 5.75 Å². The summed E-state index contributed by atoms with van der Waals surface area (Å²) in [6.07, 6.45) is 4.76. The highest BCUT2D eigenvalue weighted by Crippen LogP contribution is 2.34. The number of hydrogen-bond donors (Lipinski definition) is 1. The minimum Gasteiger partial charge on any atom is -0.507 e.